The molecular weight excluding hydrogens is 423 g/mol. The summed E-state index contributed by atoms with van der Waals surface area (Å²) in [6, 6.07) is 23.9. The van der Waals surface area contributed by atoms with Crippen molar-refractivity contribution in [3.8, 4) is 11.4 Å². The van der Waals surface area contributed by atoms with Crippen LogP contribution in [0.15, 0.2) is 91.3 Å². The lowest BCUT2D eigenvalue weighted by Gasteiger charge is -2.29. The predicted octanol–water partition coefficient (Wildman–Crippen LogP) is 5.20. The fraction of sp³-hybridized carbons (Fsp3) is 0.120. The van der Waals surface area contributed by atoms with Crippen LogP contribution in [0, 0.1) is 5.82 Å². The van der Waals surface area contributed by atoms with E-state index in [4.69, 9.17) is 17.0 Å². The molecule has 5 nitrogen and oxygen atoms in total. The molecule has 0 radical (unpaired) electrons. The second-order valence-corrected chi connectivity index (χ2v) is 7.86. The molecule has 1 fully saturated rings. The van der Waals surface area contributed by atoms with Crippen LogP contribution in [-0.2, 0) is 0 Å². The number of rotatable bonds is 5. The van der Waals surface area contributed by atoms with Crippen molar-refractivity contribution in [2.24, 2.45) is 0 Å². The molecule has 1 saturated heterocycles. The molecule has 1 N–H and O–H groups in total. The van der Waals surface area contributed by atoms with Gasteiger partial charge in [0, 0.05) is 29.5 Å². The largest absolute Gasteiger partial charge is 0.497 e. The van der Waals surface area contributed by atoms with Crippen molar-refractivity contribution in [3.05, 3.63) is 108 Å². The molecule has 160 valence electrons. The summed E-state index contributed by atoms with van der Waals surface area (Å²) in [4.78, 5) is 6.62. The number of methoxy groups -OCH3 is 1. The Morgan fingerprint density at radius 2 is 1.69 bits per heavy atom. The number of hydrogen-bond donors (Lipinski definition) is 1. The number of aromatic nitrogens is 2. The molecule has 2 aromatic carbocycles. The first-order valence-electron chi connectivity index (χ1n) is 10.2. The number of hydrogen-bond acceptors (Lipinski definition) is 3. The summed E-state index contributed by atoms with van der Waals surface area (Å²) in [6.07, 6.45) is 3.80. The zero-order chi connectivity index (χ0) is 22.1. The van der Waals surface area contributed by atoms with E-state index in [-0.39, 0.29) is 17.9 Å². The molecule has 0 amide bonds. The van der Waals surface area contributed by atoms with E-state index in [9.17, 15) is 4.39 Å². The van der Waals surface area contributed by atoms with Crippen LogP contribution in [-0.4, -0.2) is 21.8 Å². The molecule has 7 heteroatoms. The van der Waals surface area contributed by atoms with Gasteiger partial charge in [-0.3, -0.25) is 4.98 Å². The molecule has 0 aliphatic carbocycles. The van der Waals surface area contributed by atoms with Crippen molar-refractivity contribution >= 4 is 23.0 Å². The lowest BCUT2D eigenvalue weighted by Crippen LogP contribution is -2.30. The summed E-state index contributed by atoms with van der Waals surface area (Å²) < 4.78 is 21.1. The monoisotopic (exact) mass is 444 g/mol. The van der Waals surface area contributed by atoms with E-state index in [1.54, 1.807) is 25.4 Å². The van der Waals surface area contributed by atoms with Gasteiger partial charge in [-0.1, -0.05) is 6.07 Å². The summed E-state index contributed by atoms with van der Waals surface area (Å²) in [5.74, 6) is 0.511. The minimum Gasteiger partial charge on any atom is -0.497 e. The van der Waals surface area contributed by atoms with Gasteiger partial charge in [0.15, 0.2) is 5.11 Å². The van der Waals surface area contributed by atoms with E-state index in [0.29, 0.717) is 5.11 Å². The zero-order valence-corrected chi connectivity index (χ0v) is 18.2. The van der Waals surface area contributed by atoms with Gasteiger partial charge in [-0.25, -0.2) is 4.39 Å². The van der Waals surface area contributed by atoms with E-state index < -0.39 is 0 Å². The number of nitrogens with one attached hydrogen (secondary N) is 1. The summed E-state index contributed by atoms with van der Waals surface area (Å²) >= 11 is 5.74. The first-order valence-corrected chi connectivity index (χ1v) is 10.6. The van der Waals surface area contributed by atoms with Crippen molar-refractivity contribution in [2.45, 2.75) is 12.1 Å². The molecule has 3 heterocycles. The highest BCUT2D eigenvalue weighted by Crippen LogP contribution is 2.42. The number of thiocarbonyl (C=S) groups is 1. The van der Waals surface area contributed by atoms with Crippen LogP contribution in [0.2, 0.25) is 0 Å². The second-order valence-electron chi connectivity index (χ2n) is 7.47. The third kappa shape index (κ3) is 3.61. The SMILES string of the molecule is COc1ccc(-n2cccc2[C@@H]2[C@H](c3ccccn3)NC(=S)N2c2ccc(F)cc2)cc1. The second kappa shape index (κ2) is 8.43. The molecule has 1 aliphatic rings. The molecule has 0 bridgehead atoms. The Hall–Kier alpha value is -3.71. The number of pyridine rings is 1. The molecule has 1 aliphatic heterocycles. The smallest absolute Gasteiger partial charge is 0.174 e. The minimum absolute atomic E-state index is 0.180. The third-order valence-corrected chi connectivity index (χ3v) is 5.95. The molecule has 4 aromatic rings. The topological polar surface area (TPSA) is 42.3 Å². The van der Waals surface area contributed by atoms with E-state index in [1.165, 1.54) is 12.1 Å². The number of nitrogens with zero attached hydrogens (tertiary/aromatic N) is 3. The normalized spacial score (nSPS) is 17.9. The molecule has 0 unspecified atom stereocenters. The van der Waals surface area contributed by atoms with Crippen molar-refractivity contribution in [1.82, 2.24) is 14.9 Å². The van der Waals surface area contributed by atoms with E-state index >= 15 is 0 Å². The Morgan fingerprint density at radius 1 is 0.938 bits per heavy atom. The first-order chi connectivity index (χ1) is 15.7. The standard InChI is InChI=1S/C25H21FN4OS/c1-31-20-13-11-18(12-14-20)29-16-4-6-22(29)24-23(21-5-2-3-15-27-21)28-25(32)30(24)19-9-7-17(26)8-10-19/h2-16,23-24H,1H3,(H,28,32)/t23-,24+/m0/s1. The molecule has 0 saturated carbocycles. The third-order valence-electron chi connectivity index (χ3n) is 5.64. The first kappa shape index (κ1) is 20.2. The van der Waals surface area contributed by atoms with Crippen LogP contribution in [0.1, 0.15) is 23.5 Å². The lowest BCUT2D eigenvalue weighted by atomic mass is 10.0. The predicted molar refractivity (Wildman–Crippen MR) is 127 cm³/mol. The Balaban J connectivity index is 1.64. The van der Waals surface area contributed by atoms with Gasteiger partial charge in [0.2, 0.25) is 0 Å². The van der Waals surface area contributed by atoms with Crippen LogP contribution >= 0.6 is 12.2 Å². The Labute approximate surface area is 191 Å². The van der Waals surface area contributed by atoms with Crippen molar-refractivity contribution < 1.29 is 9.13 Å². The Bertz CT molecular complexity index is 1230. The molecule has 2 aromatic heterocycles. The summed E-state index contributed by atoms with van der Waals surface area (Å²) in [5, 5.41) is 4.01. The maximum atomic E-state index is 13.6. The fourth-order valence-electron chi connectivity index (χ4n) is 4.15. The van der Waals surface area contributed by atoms with Gasteiger partial charge in [0.25, 0.3) is 0 Å². The van der Waals surface area contributed by atoms with Crippen LogP contribution in [0.5, 0.6) is 5.75 Å². The molecular formula is C25H21FN4OS. The highest BCUT2D eigenvalue weighted by molar-refractivity contribution is 7.80. The van der Waals surface area contributed by atoms with E-state index in [1.807, 2.05) is 59.6 Å². The van der Waals surface area contributed by atoms with Gasteiger partial charge in [0.05, 0.1) is 18.8 Å². The maximum Gasteiger partial charge on any atom is 0.174 e. The number of anilines is 1. The van der Waals surface area contributed by atoms with Crippen molar-refractivity contribution in [1.29, 1.82) is 0 Å². The van der Waals surface area contributed by atoms with Crippen molar-refractivity contribution in [3.63, 3.8) is 0 Å². The van der Waals surface area contributed by atoms with Gasteiger partial charge in [-0.2, -0.15) is 0 Å². The van der Waals surface area contributed by atoms with Crippen LogP contribution < -0.4 is 15.0 Å². The number of halogens is 1. The lowest BCUT2D eigenvalue weighted by molar-refractivity contribution is 0.414. The number of benzene rings is 2. The fourth-order valence-corrected chi connectivity index (χ4v) is 4.49. The van der Waals surface area contributed by atoms with Crippen LogP contribution in [0.4, 0.5) is 10.1 Å². The highest BCUT2D eigenvalue weighted by atomic mass is 32.1. The van der Waals surface area contributed by atoms with E-state index in [0.717, 1.165) is 28.5 Å². The average Bonchev–Trinajstić information content (AvgIpc) is 3.44. The summed E-state index contributed by atoms with van der Waals surface area (Å²) in [5.41, 5.74) is 3.73. The number of ether oxygens (including phenoxy) is 1. The Kier molecular flexibility index (Phi) is 5.33. The van der Waals surface area contributed by atoms with Gasteiger partial charge < -0.3 is 19.5 Å². The Morgan fingerprint density at radius 3 is 2.38 bits per heavy atom. The quantitative estimate of drug-likeness (QED) is 0.429. The van der Waals surface area contributed by atoms with Gasteiger partial charge in [0.1, 0.15) is 17.6 Å². The van der Waals surface area contributed by atoms with Gasteiger partial charge >= 0.3 is 0 Å². The summed E-state index contributed by atoms with van der Waals surface area (Å²) in [6.45, 7) is 0. The van der Waals surface area contributed by atoms with Crippen LogP contribution in [0.25, 0.3) is 5.69 Å². The molecule has 0 spiro atoms. The summed E-state index contributed by atoms with van der Waals surface area (Å²) in [7, 11) is 1.65. The van der Waals surface area contributed by atoms with E-state index in [2.05, 4.69) is 20.9 Å². The molecule has 2 atom stereocenters. The zero-order valence-electron chi connectivity index (χ0n) is 17.4. The van der Waals surface area contributed by atoms with Crippen molar-refractivity contribution in [2.75, 3.05) is 12.0 Å². The van der Waals surface area contributed by atoms with Gasteiger partial charge in [-0.05, 0) is 85.0 Å². The van der Waals surface area contributed by atoms with Crippen LogP contribution in [0.3, 0.4) is 0 Å². The molecule has 32 heavy (non-hydrogen) atoms. The maximum absolute atomic E-state index is 13.6. The average molecular weight is 445 g/mol. The highest BCUT2D eigenvalue weighted by Gasteiger charge is 2.42. The van der Waals surface area contributed by atoms with Gasteiger partial charge in [-0.15, -0.1) is 0 Å². The minimum atomic E-state index is -0.286. The molecule has 5 rings (SSSR count).